The number of nitrogens with zero attached hydrogens (tertiary/aromatic N) is 2. The fourth-order valence-electron chi connectivity index (χ4n) is 6.71. The number of sulfonamides is 2. The number of nitrogens with one attached hydrogen (secondary N) is 4. The number of aromatic hydroxyl groups is 2. The van der Waals surface area contributed by atoms with Gasteiger partial charge in [0.1, 0.15) is 11.5 Å². The van der Waals surface area contributed by atoms with Crippen molar-refractivity contribution in [2.24, 2.45) is 10.2 Å². The number of ketones is 1. The largest absolute Gasteiger partial charge is 0.508 e. The van der Waals surface area contributed by atoms with Gasteiger partial charge in [-0.05, 0) is 95.1 Å². The molecular weight excluding hydrogens is 777 g/mol. The lowest BCUT2D eigenvalue weighted by Crippen LogP contribution is -2.15. The zero-order valence-corrected chi connectivity index (χ0v) is 32.2. The van der Waals surface area contributed by atoms with Gasteiger partial charge in [-0.1, -0.05) is 72.8 Å². The van der Waals surface area contributed by atoms with Crippen molar-refractivity contribution in [1.82, 2.24) is 10.9 Å². The summed E-state index contributed by atoms with van der Waals surface area (Å²) in [4.78, 5) is 13.3. The quantitative estimate of drug-likeness (QED) is 0.0719. The molecule has 2 unspecified atom stereocenters. The van der Waals surface area contributed by atoms with Crippen LogP contribution in [0.1, 0.15) is 63.1 Å². The van der Waals surface area contributed by atoms with Gasteiger partial charge >= 0.3 is 0 Å². The van der Waals surface area contributed by atoms with Crippen molar-refractivity contribution in [1.29, 1.82) is 0 Å². The second-order valence-electron chi connectivity index (χ2n) is 13.8. The molecule has 6 aromatic rings. The van der Waals surface area contributed by atoms with Crippen LogP contribution in [-0.2, 0) is 20.0 Å². The van der Waals surface area contributed by atoms with Crippen LogP contribution in [0.25, 0.3) is 0 Å². The van der Waals surface area contributed by atoms with Gasteiger partial charge in [0.05, 0.1) is 33.3 Å². The van der Waals surface area contributed by atoms with E-state index in [1.165, 1.54) is 48.5 Å². The number of hydrogen-bond acceptors (Lipinski definition) is 11. The first kappa shape index (κ1) is 37.9. The highest BCUT2D eigenvalue weighted by molar-refractivity contribution is 7.93. The van der Waals surface area contributed by atoms with Crippen molar-refractivity contribution >= 4 is 48.6 Å². The summed E-state index contributed by atoms with van der Waals surface area (Å²) >= 11 is 0. The Kier molecular flexibility index (Phi) is 10.1. The highest BCUT2D eigenvalue weighted by Gasteiger charge is 2.24. The molecule has 0 bridgehead atoms. The average Bonchev–Trinajstić information content (AvgIpc) is 3.93. The molecule has 0 aromatic heterocycles. The summed E-state index contributed by atoms with van der Waals surface area (Å²) in [6.45, 7) is 0. The van der Waals surface area contributed by atoms with Gasteiger partial charge in [-0.3, -0.25) is 14.2 Å². The zero-order valence-electron chi connectivity index (χ0n) is 30.6. The van der Waals surface area contributed by atoms with Crippen LogP contribution in [0, 0.1) is 0 Å². The van der Waals surface area contributed by atoms with Gasteiger partial charge in [0.25, 0.3) is 20.0 Å². The van der Waals surface area contributed by atoms with Gasteiger partial charge in [0.15, 0.2) is 5.78 Å². The van der Waals surface area contributed by atoms with Crippen LogP contribution in [0.3, 0.4) is 0 Å². The molecule has 2 heterocycles. The number of phenolic OH excluding ortho intramolecular Hbond substituents is 2. The standard InChI is InChI=1S/C43H36N6O7S2/c50-35-19-11-29(12-20-35)41-25-39(44-46-41)27-7-15-33(16-8-27)48-57(53,54)37-5-1-3-31(23-37)43(52)32-4-2-6-38(24-32)58(55,56)49-34-17-9-28(10-18-34)40-26-42(47-45-40)30-13-21-36(51)22-14-30/h1-24,41-42,46-51H,25-26H2. The van der Waals surface area contributed by atoms with Crippen LogP contribution < -0.4 is 20.3 Å². The van der Waals surface area contributed by atoms with Crippen LogP contribution in [0.5, 0.6) is 11.5 Å². The number of rotatable bonds is 12. The minimum absolute atomic E-state index is 0.0548. The minimum Gasteiger partial charge on any atom is -0.508 e. The van der Waals surface area contributed by atoms with E-state index >= 15 is 0 Å². The molecule has 8 rings (SSSR count). The van der Waals surface area contributed by atoms with Gasteiger partial charge in [-0.15, -0.1) is 0 Å². The number of anilines is 2. The number of phenols is 2. The molecule has 6 N–H and O–H groups in total. The Hall–Kier alpha value is -6.97. The predicted molar refractivity (Wildman–Crippen MR) is 221 cm³/mol. The molecule has 0 saturated carbocycles. The van der Waals surface area contributed by atoms with Crippen molar-refractivity contribution in [3.8, 4) is 11.5 Å². The van der Waals surface area contributed by atoms with Gasteiger partial charge in [-0.25, -0.2) is 16.8 Å². The van der Waals surface area contributed by atoms with Crippen LogP contribution in [0.4, 0.5) is 11.4 Å². The van der Waals surface area contributed by atoms with E-state index < -0.39 is 25.8 Å². The van der Waals surface area contributed by atoms with E-state index in [0.717, 1.165) is 33.7 Å². The van der Waals surface area contributed by atoms with Gasteiger partial charge in [-0.2, -0.15) is 10.2 Å². The maximum Gasteiger partial charge on any atom is 0.261 e. The topological polar surface area (TPSA) is 199 Å². The molecule has 58 heavy (non-hydrogen) atoms. The molecule has 15 heteroatoms. The average molecular weight is 813 g/mol. The second kappa shape index (κ2) is 15.5. The summed E-state index contributed by atoms with van der Waals surface area (Å²) in [5, 5.41) is 28.0. The number of hydrogen-bond donors (Lipinski definition) is 6. The SMILES string of the molecule is O=C(c1cccc(S(=O)(=O)Nc2ccc(C3=NNC(c4ccc(O)cc4)C3)cc2)c1)c1cccc(S(=O)(=O)Nc2ccc(C3=NNC(c4ccc(O)cc4)C3)cc2)c1. The summed E-state index contributed by atoms with van der Waals surface area (Å²) in [7, 11) is -8.23. The minimum atomic E-state index is -4.11. The smallest absolute Gasteiger partial charge is 0.261 e. The molecule has 292 valence electrons. The summed E-state index contributed by atoms with van der Waals surface area (Å²) in [6.07, 6.45) is 1.22. The zero-order chi connectivity index (χ0) is 40.4. The Labute approximate surface area is 334 Å². The summed E-state index contributed by atoms with van der Waals surface area (Å²) < 4.78 is 58.9. The third-order valence-corrected chi connectivity index (χ3v) is 12.6. The summed E-state index contributed by atoms with van der Waals surface area (Å²) in [6, 6.07) is 38.3. The lowest BCUT2D eigenvalue weighted by Gasteiger charge is -2.12. The second-order valence-corrected chi connectivity index (χ2v) is 17.2. The Morgan fingerprint density at radius 3 is 1.29 bits per heavy atom. The predicted octanol–water partition coefficient (Wildman–Crippen LogP) is 6.81. The lowest BCUT2D eigenvalue weighted by molar-refractivity contribution is 0.103. The molecule has 13 nitrogen and oxygen atoms in total. The number of carbonyl (C=O) groups excluding carboxylic acids is 1. The Bertz CT molecular complexity index is 2600. The van der Waals surface area contributed by atoms with E-state index in [9.17, 15) is 31.8 Å². The fraction of sp³-hybridized carbons (Fsp3) is 0.0930. The maximum atomic E-state index is 13.6. The maximum absolute atomic E-state index is 13.6. The first-order valence-electron chi connectivity index (χ1n) is 18.1. The normalized spacial score (nSPS) is 16.4. The van der Waals surface area contributed by atoms with E-state index in [2.05, 4.69) is 30.5 Å². The van der Waals surface area contributed by atoms with Gasteiger partial charge in [0.2, 0.25) is 0 Å². The molecule has 0 saturated heterocycles. The van der Waals surface area contributed by atoms with E-state index in [-0.39, 0.29) is 44.5 Å². The van der Waals surface area contributed by atoms with Crippen LogP contribution in [0.2, 0.25) is 0 Å². The molecule has 0 aliphatic carbocycles. The van der Waals surface area contributed by atoms with Crippen LogP contribution in [-0.4, -0.2) is 44.3 Å². The van der Waals surface area contributed by atoms with Gasteiger partial charge < -0.3 is 21.1 Å². The van der Waals surface area contributed by atoms with Crippen LogP contribution in [0.15, 0.2) is 166 Å². The third-order valence-electron chi connectivity index (χ3n) is 9.85. The van der Waals surface area contributed by atoms with Crippen molar-refractivity contribution in [2.45, 2.75) is 34.7 Å². The number of benzene rings is 6. The Morgan fingerprint density at radius 2 is 0.914 bits per heavy atom. The van der Waals surface area contributed by atoms with E-state index in [1.807, 2.05) is 24.3 Å². The van der Waals surface area contributed by atoms with E-state index in [1.54, 1.807) is 72.8 Å². The van der Waals surface area contributed by atoms with Crippen LogP contribution >= 0.6 is 0 Å². The van der Waals surface area contributed by atoms with E-state index in [4.69, 9.17) is 0 Å². The first-order valence-corrected chi connectivity index (χ1v) is 21.1. The molecular formula is C43H36N6O7S2. The lowest BCUT2D eigenvalue weighted by atomic mass is 9.99. The first-order chi connectivity index (χ1) is 27.9. The number of hydrazone groups is 2. The fourth-order valence-corrected chi connectivity index (χ4v) is 8.92. The summed E-state index contributed by atoms with van der Waals surface area (Å²) in [5.41, 5.74) is 12.1. The van der Waals surface area contributed by atoms with E-state index in [0.29, 0.717) is 24.2 Å². The van der Waals surface area contributed by atoms with Crippen molar-refractivity contribution in [3.63, 3.8) is 0 Å². The van der Waals surface area contributed by atoms with Crippen molar-refractivity contribution in [2.75, 3.05) is 9.44 Å². The molecule has 0 radical (unpaired) electrons. The molecule has 2 atom stereocenters. The van der Waals surface area contributed by atoms with Crippen molar-refractivity contribution in [3.05, 3.63) is 179 Å². The molecule has 0 amide bonds. The highest BCUT2D eigenvalue weighted by Crippen LogP contribution is 2.29. The van der Waals surface area contributed by atoms with Crippen molar-refractivity contribution < 1.29 is 31.8 Å². The monoisotopic (exact) mass is 812 g/mol. The third kappa shape index (κ3) is 8.26. The Balaban J connectivity index is 0.901. The molecule has 0 spiro atoms. The molecule has 6 aromatic carbocycles. The number of carbonyl (C=O) groups is 1. The highest BCUT2D eigenvalue weighted by atomic mass is 32.2. The summed E-state index contributed by atoms with van der Waals surface area (Å²) in [5.74, 6) is -0.194. The molecule has 2 aliphatic rings. The molecule has 2 aliphatic heterocycles. The Morgan fingerprint density at radius 1 is 0.534 bits per heavy atom. The van der Waals surface area contributed by atoms with Gasteiger partial charge in [0, 0.05) is 35.3 Å². The molecule has 0 fully saturated rings.